The van der Waals surface area contributed by atoms with Crippen LogP contribution < -0.4 is 11.1 Å². The highest BCUT2D eigenvalue weighted by Gasteiger charge is 1.94. The molecule has 1 aromatic rings. The second-order valence-corrected chi connectivity index (χ2v) is 3.43. The van der Waals surface area contributed by atoms with Gasteiger partial charge in [0.15, 0.2) is 0 Å². The Balaban J connectivity index is 2.00. The lowest BCUT2D eigenvalue weighted by molar-refractivity contribution is -0.118. The summed E-state index contributed by atoms with van der Waals surface area (Å²) in [6.07, 6.45) is 5.85. The monoisotopic (exact) mass is 207 g/mol. The molecule has 0 aliphatic heterocycles. The second kappa shape index (κ2) is 6.95. The van der Waals surface area contributed by atoms with E-state index in [4.69, 9.17) is 5.73 Å². The Morgan fingerprint density at radius 1 is 1.33 bits per heavy atom. The number of hydrogen-bond donors (Lipinski definition) is 2. The number of pyridine rings is 1. The van der Waals surface area contributed by atoms with Crippen molar-refractivity contribution in [2.75, 3.05) is 13.1 Å². The standard InChI is InChI=1S/C11H17N3O/c12-11(15)2-1-6-13-7-3-10-4-8-14-9-5-10/h4-5,8-9,13H,1-3,6-7H2,(H2,12,15). The number of amides is 1. The van der Waals surface area contributed by atoms with Gasteiger partial charge in [0.1, 0.15) is 0 Å². The van der Waals surface area contributed by atoms with E-state index in [2.05, 4.69) is 10.3 Å². The fourth-order valence-corrected chi connectivity index (χ4v) is 1.29. The van der Waals surface area contributed by atoms with E-state index in [0.717, 1.165) is 25.9 Å². The molecule has 1 rings (SSSR count). The number of hydrogen-bond acceptors (Lipinski definition) is 3. The number of primary amides is 1. The van der Waals surface area contributed by atoms with Crippen LogP contribution in [0.2, 0.25) is 0 Å². The third kappa shape index (κ3) is 5.80. The predicted molar refractivity (Wildman–Crippen MR) is 59.2 cm³/mol. The van der Waals surface area contributed by atoms with Crippen molar-refractivity contribution in [3.05, 3.63) is 30.1 Å². The van der Waals surface area contributed by atoms with Crippen molar-refractivity contribution in [3.63, 3.8) is 0 Å². The zero-order valence-electron chi connectivity index (χ0n) is 8.78. The highest BCUT2D eigenvalue weighted by atomic mass is 16.1. The van der Waals surface area contributed by atoms with Crippen LogP contribution in [0.1, 0.15) is 18.4 Å². The molecule has 1 heterocycles. The Bertz CT molecular complexity index is 287. The van der Waals surface area contributed by atoms with Crippen LogP contribution in [0, 0.1) is 0 Å². The molecule has 0 bridgehead atoms. The van der Waals surface area contributed by atoms with Crippen LogP contribution in [0.5, 0.6) is 0 Å². The highest BCUT2D eigenvalue weighted by Crippen LogP contribution is 1.95. The van der Waals surface area contributed by atoms with Crippen LogP contribution in [0.3, 0.4) is 0 Å². The van der Waals surface area contributed by atoms with Crippen molar-refractivity contribution in [1.29, 1.82) is 0 Å². The quantitative estimate of drug-likeness (QED) is 0.639. The van der Waals surface area contributed by atoms with Gasteiger partial charge in [-0.1, -0.05) is 0 Å². The molecule has 0 unspecified atom stereocenters. The Labute approximate surface area is 89.9 Å². The molecular formula is C11H17N3O. The van der Waals surface area contributed by atoms with E-state index >= 15 is 0 Å². The molecule has 1 amide bonds. The molecule has 0 fully saturated rings. The molecule has 0 saturated carbocycles. The van der Waals surface area contributed by atoms with Gasteiger partial charge in [0, 0.05) is 18.8 Å². The van der Waals surface area contributed by atoms with Gasteiger partial charge >= 0.3 is 0 Å². The Kier molecular flexibility index (Phi) is 5.40. The SMILES string of the molecule is NC(=O)CCCNCCc1ccncc1. The molecule has 0 spiro atoms. The third-order valence-corrected chi connectivity index (χ3v) is 2.12. The van der Waals surface area contributed by atoms with Crippen LogP contribution in [0.4, 0.5) is 0 Å². The van der Waals surface area contributed by atoms with E-state index in [-0.39, 0.29) is 5.91 Å². The van der Waals surface area contributed by atoms with Gasteiger partial charge in [0.2, 0.25) is 5.91 Å². The summed E-state index contributed by atoms with van der Waals surface area (Å²) in [5, 5.41) is 3.26. The van der Waals surface area contributed by atoms with Gasteiger partial charge in [0.05, 0.1) is 0 Å². The van der Waals surface area contributed by atoms with Gasteiger partial charge < -0.3 is 11.1 Å². The van der Waals surface area contributed by atoms with Crippen LogP contribution in [0.25, 0.3) is 0 Å². The minimum absolute atomic E-state index is 0.231. The zero-order valence-corrected chi connectivity index (χ0v) is 8.78. The van der Waals surface area contributed by atoms with Crippen molar-refractivity contribution in [3.8, 4) is 0 Å². The molecule has 0 aliphatic rings. The molecule has 0 atom stereocenters. The number of rotatable bonds is 7. The van der Waals surface area contributed by atoms with Crippen LogP contribution in [0.15, 0.2) is 24.5 Å². The van der Waals surface area contributed by atoms with E-state index in [0.29, 0.717) is 6.42 Å². The average Bonchev–Trinajstić information content (AvgIpc) is 2.24. The molecule has 1 aromatic heterocycles. The van der Waals surface area contributed by atoms with Crippen LogP contribution >= 0.6 is 0 Å². The van der Waals surface area contributed by atoms with Crippen LogP contribution in [-0.2, 0) is 11.2 Å². The zero-order chi connectivity index (χ0) is 10.9. The van der Waals surface area contributed by atoms with E-state index in [1.165, 1.54) is 5.56 Å². The lowest BCUT2D eigenvalue weighted by Crippen LogP contribution is -2.20. The molecular weight excluding hydrogens is 190 g/mol. The second-order valence-electron chi connectivity index (χ2n) is 3.43. The van der Waals surface area contributed by atoms with Gasteiger partial charge in [0.25, 0.3) is 0 Å². The highest BCUT2D eigenvalue weighted by molar-refractivity contribution is 5.73. The molecule has 4 nitrogen and oxygen atoms in total. The summed E-state index contributed by atoms with van der Waals surface area (Å²) >= 11 is 0. The number of carbonyl (C=O) groups excluding carboxylic acids is 1. The molecule has 0 aromatic carbocycles. The van der Waals surface area contributed by atoms with Gasteiger partial charge in [-0.15, -0.1) is 0 Å². The maximum absolute atomic E-state index is 10.4. The third-order valence-electron chi connectivity index (χ3n) is 2.12. The maximum Gasteiger partial charge on any atom is 0.217 e. The molecule has 82 valence electrons. The first-order chi connectivity index (χ1) is 7.29. The fraction of sp³-hybridized carbons (Fsp3) is 0.455. The molecule has 0 radical (unpaired) electrons. The minimum Gasteiger partial charge on any atom is -0.370 e. The summed E-state index contributed by atoms with van der Waals surface area (Å²) < 4.78 is 0. The number of carbonyl (C=O) groups is 1. The van der Waals surface area contributed by atoms with Gasteiger partial charge in [-0.25, -0.2) is 0 Å². The maximum atomic E-state index is 10.4. The summed E-state index contributed by atoms with van der Waals surface area (Å²) in [7, 11) is 0. The van der Waals surface area contributed by atoms with Gasteiger partial charge in [-0.2, -0.15) is 0 Å². The van der Waals surface area contributed by atoms with Gasteiger partial charge in [-0.3, -0.25) is 9.78 Å². The number of nitrogens with zero attached hydrogens (tertiary/aromatic N) is 1. The van der Waals surface area contributed by atoms with Gasteiger partial charge in [-0.05, 0) is 43.6 Å². The first kappa shape index (κ1) is 11.7. The first-order valence-electron chi connectivity index (χ1n) is 5.17. The van der Waals surface area contributed by atoms with E-state index in [1.807, 2.05) is 12.1 Å². The predicted octanol–water partition coefficient (Wildman–Crippen LogP) is 0.479. The molecule has 4 heteroatoms. The topological polar surface area (TPSA) is 68.0 Å². The van der Waals surface area contributed by atoms with E-state index in [9.17, 15) is 4.79 Å². The first-order valence-corrected chi connectivity index (χ1v) is 5.17. The van der Waals surface area contributed by atoms with Crippen molar-refractivity contribution in [1.82, 2.24) is 10.3 Å². The molecule has 3 N–H and O–H groups in total. The average molecular weight is 207 g/mol. The fourth-order valence-electron chi connectivity index (χ4n) is 1.29. The Morgan fingerprint density at radius 2 is 2.07 bits per heavy atom. The summed E-state index contributed by atoms with van der Waals surface area (Å²) in [5.41, 5.74) is 6.30. The van der Waals surface area contributed by atoms with Crippen molar-refractivity contribution in [2.24, 2.45) is 5.73 Å². The number of aromatic nitrogens is 1. The Hall–Kier alpha value is -1.42. The summed E-state index contributed by atoms with van der Waals surface area (Å²) in [6.45, 7) is 1.76. The lowest BCUT2D eigenvalue weighted by atomic mass is 10.2. The van der Waals surface area contributed by atoms with E-state index in [1.54, 1.807) is 12.4 Å². The van der Waals surface area contributed by atoms with Crippen molar-refractivity contribution < 1.29 is 4.79 Å². The summed E-state index contributed by atoms with van der Waals surface area (Å²) in [6, 6.07) is 4.01. The summed E-state index contributed by atoms with van der Waals surface area (Å²) in [4.78, 5) is 14.4. The normalized spacial score (nSPS) is 10.1. The molecule has 0 saturated heterocycles. The number of nitrogens with two attached hydrogens (primary N) is 1. The van der Waals surface area contributed by atoms with Crippen molar-refractivity contribution in [2.45, 2.75) is 19.3 Å². The van der Waals surface area contributed by atoms with E-state index < -0.39 is 0 Å². The number of nitrogens with one attached hydrogen (secondary N) is 1. The largest absolute Gasteiger partial charge is 0.370 e. The Morgan fingerprint density at radius 3 is 2.73 bits per heavy atom. The lowest BCUT2D eigenvalue weighted by Gasteiger charge is -2.03. The summed E-state index contributed by atoms with van der Waals surface area (Å²) in [5.74, 6) is -0.231. The van der Waals surface area contributed by atoms with Crippen molar-refractivity contribution >= 4 is 5.91 Å². The molecule has 0 aliphatic carbocycles. The molecule has 15 heavy (non-hydrogen) atoms. The smallest absolute Gasteiger partial charge is 0.217 e. The minimum atomic E-state index is -0.231. The van der Waals surface area contributed by atoms with Crippen LogP contribution in [-0.4, -0.2) is 24.0 Å².